The molecule has 3 aromatic carbocycles. The Bertz CT molecular complexity index is 924. The van der Waals surface area contributed by atoms with Gasteiger partial charge in [0.05, 0.1) is 26.4 Å². The number of hydrogen-bond acceptors (Lipinski definition) is 3. The molecule has 3 rings (SSSR count). The minimum Gasteiger partial charge on any atom is -0.497 e. The van der Waals surface area contributed by atoms with Crippen LogP contribution in [0.1, 0.15) is 26.3 Å². The fraction of sp³-hybridized carbons (Fsp3) is 0.286. The summed E-state index contributed by atoms with van der Waals surface area (Å²) >= 11 is 0. The Kier molecular flexibility index (Phi) is 8.08. The van der Waals surface area contributed by atoms with Gasteiger partial charge in [0.25, 0.3) is 8.32 Å². The predicted octanol–water partition coefficient (Wildman–Crippen LogP) is 5.34. The van der Waals surface area contributed by atoms with Gasteiger partial charge in [-0.25, -0.2) is 0 Å². The first kappa shape index (κ1) is 24.0. The van der Waals surface area contributed by atoms with Crippen molar-refractivity contribution < 1.29 is 13.9 Å². The lowest BCUT2D eigenvalue weighted by Gasteiger charge is -2.43. The molecular formula is C28H34O3Si. The summed E-state index contributed by atoms with van der Waals surface area (Å²) in [5.74, 6) is 0.837. The highest BCUT2D eigenvalue weighted by Crippen LogP contribution is 2.36. The van der Waals surface area contributed by atoms with E-state index in [4.69, 9.17) is 13.9 Å². The van der Waals surface area contributed by atoms with Gasteiger partial charge >= 0.3 is 0 Å². The van der Waals surface area contributed by atoms with Crippen LogP contribution in [0.2, 0.25) is 5.04 Å². The lowest BCUT2D eigenvalue weighted by molar-refractivity contribution is 0.0368. The van der Waals surface area contributed by atoms with E-state index in [1.165, 1.54) is 10.4 Å². The lowest BCUT2D eigenvalue weighted by atomic mass is 10.2. The minimum absolute atomic E-state index is 0.0720. The fourth-order valence-corrected chi connectivity index (χ4v) is 8.65. The Hall–Kier alpha value is -2.66. The average Bonchev–Trinajstić information content (AvgIpc) is 2.82. The summed E-state index contributed by atoms with van der Waals surface area (Å²) in [7, 11) is -0.925. The molecule has 3 nitrogen and oxygen atoms in total. The van der Waals surface area contributed by atoms with Gasteiger partial charge in [0.2, 0.25) is 0 Å². The van der Waals surface area contributed by atoms with Gasteiger partial charge in [-0.3, -0.25) is 0 Å². The zero-order chi connectivity index (χ0) is 23.0. The maximum absolute atomic E-state index is 6.97. The Labute approximate surface area is 193 Å². The van der Waals surface area contributed by atoms with E-state index in [0.29, 0.717) is 13.2 Å². The van der Waals surface area contributed by atoms with Gasteiger partial charge in [-0.05, 0) is 33.1 Å². The zero-order valence-corrected chi connectivity index (χ0v) is 20.6. The molecule has 0 aromatic heterocycles. The molecule has 0 saturated carbocycles. The monoisotopic (exact) mass is 446 g/mol. The van der Waals surface area contributed by atoms with Crippen LogP contribution in [0.25, 0.3) is 0 Å². The molecule has 3 aromatic rings. The van der Waals surface area contributed by atoms with Crippen molar-refractivity contribution in [1.82, 2.24) is 0 Å². The van der Waals surface area contributed by atoms with Crippen molar-refractivity contribution in [3.05, 3.63) is 103 Å². The molecule has 0 unspecified atom stereocenters. The third kappa shape index (κ3) is 5.39. The Morgan fingerprint density at radius 2 is 1.38 bits per heavy atom. The van der Waals surface area contributed by atoms with Crippen molar-refractivity contribution in [3.8, 4) is 5.75 Å². The summed E-state index contributed by atoms with van der Waals surface area (Å²) in [6, 6.07) is 29.2. The molecule has 32 heavy (non-hydrogen) atoms. The number of hydrogen-bond donors (Lipinski definition) is 0. The number of benzene rings is 3. The predicted molar refractivity (Wildman–Crippen MR) is 135 cm³/mol. The van der Waals surface area contributed by atoms with Crippen LogP contribution in [-0.4, -0.2) is 28.1 Å². The van der Waals surface area contributed by atoms with Crippen LogP contribution >= 0.6 is 0 Å². The fourth-order valence-electron chi connectivity index (χ4n) is 4.08. The van der Waals surface area contributed by atoms with Crippen molar-refractivity contribution in [2.24, 2.45) is 0 Å². The third-order valence-corrected chi connectivity index (χ3v) is 10.8. The molecule has 0 bridgehead atoms. The second kappa shape index (κ2) is 10.8. The van der Waals surface area contributed by atoms with Crippen LogP contribution in [0.3, 0.4) is 0 Å². The van der Waals surface area contributed by atoms with Gasteiger partial charge < -0.3 is 13.9 Å². The molecule has 168 valence electrons. The van der Waals surface area contributed by atoms with E-state index in [9.17, 15) is 0 Å². The topological polar surface area (TPSA) is 27.7 Å². The maximum Gasteiger partial charge on any atom is 0.261 e. The summed E-state index contributed by atoms with van der Waals surface area (Å²) in [4.78, 5) is 0. The summed E-state index contributed by atoms with van der Waals surface area (Å²) in [5.41, 5.74) is 1.09. The third-order valence-electron chi connectivity index (χ3n) is 5.77. The van der Waals surface area contributed by atoms with Crippen molar-refractivity contribution in [1.29, 1.82) is 0 Å². The van der Waals surface area contributed by atoms with Gasteiger partial charge in [-0.15, -0.1) is 6.58 Å². The molecule has 1 atom stereocenters. The smallest absolute Gasteiger partial charge is 0.261 e. The molecule has 0 spiro atoms. The number of methoxy groups -OCH3 is 1. The van der Waals surface area contributed by atoms with Gasteiger partial charge in [-0.1, -0.05) is 99.6 Å². The molecule has 0 aliphatic carbocycles. The van der Waals surface area contributed by atoms with E-state index in [0.717, 1.165) is 11.3 Å². The van der Waals surface area contributed by atoms with Gasteiger partial charge in [0.1, 0.15) is 5.75 Å². The standard InChI is InChI=1S/C28H34O3Si/c1-6-24(30-21-23-17-19-25(29-5)20-18-23)22-31-32(28(2,3)4,26-13-9-7-10-14-26)27-15-11-8-12-16-27/h6-20,24H,1,21-22H2,2-5H3/t24-/m0/s1. The maximum atomic E-state index is 6.97. The zero-order valence-electron chi connectivity index (χ0n) is 19.6. The van der Waals surface area contributed by atoms with E-state index >= 15 is 0 Å². The van der Waals surface area contributed by atoms with E-state index in [-0.39, 0.29) is 11.1 Å². The van der Waals surface area contributed by atoms with Crippen LogP contribution < -0.4 is 15.1 Å². The van der Waals surface area contributed by atoms with Gasteiger partial charge in [-0.2, -0.15) is 0 Å². The SMILES string of the molecule is C=C[C@@H](CO[Si](c1ccccc1)(c1ccccc1)C(C)(C)C)OCc1ccc(OC)cc1. The molecule has 0 amide bonds. The van der Waals surface area contributed by atoms with Crippen LogP contribution in [0.15, 0.2) is 97.6 Å². The molecule has 0 saturated heterocycles. The molecule has 4 heteroatoms. The van der Waals surface area contributed by atoms with Crippen LogP contribution in [0, 0.1) is 0 Å². The van der Waals surface area contributed by atoms with E-state index in [1.54, 1.807) is 7.11 Å². The average molecular weight is 447 g/mol. The quantitative estimate of drug-likeness (QED) is 0.311. The summed E-state index contributed by atoms with van der Waals surface area (Å²) in [6.45, 7) is 11.8. The van der Waals surface area contributed by atoms with Gasteiger partial charge in [0, 0.05) is 0 Å². The summed E-state index contributed by atoms with van der Waals surface area (Å²) < 4.78 is 18.4. The lowest BCUT2D eigenvalue weighted by Crippen LogP contribution is -2.67. The first-order valence-electron chi connectivity index (χ1n) is 11.0. The van der Waals surface area contributed by atoms with Gasteiger partial charge in [0.15, 0.2) is 0 Å². The Morgan fingerprint density at radius 1 is 0.844 bits per heavy atom. The Balaban J connectivity index is 1.84. The van der Waals surface area contributed by atoms with E-state index < -0.39 is 8.32 Å². The largest absolute Gasteiger partial charge is 0.497 e. The molecule has 0 fully saturated rings. The highest BCUT2D eigenvalue weighted by Gasteiger charge is 2.50. The number of rotatable bonds is 10. The molecular weight excluding hydrogens is 412 g/mol. The normalized spacial score (nSPS) is 12.9. The highest BCUT2D eigenvalue weighted by atomic mass is 28.4. The molecule has 0 aliphatic heterocycles. The first-order chi connectivity index (χ1) is 15.4. The second-order valence-corrected chi connectivity index (χ2v) is 13.2. The van der Waals surface area contributed by atoms with Crippen molar-refractivity contribution in [2.75, 3.05) is 13.7 Å². The van der Waals surface area contributed by atoms with Crippen LogP contribution in [0.4, 0.5) is 0 Å². The van der Waals surface area contributed by atoms with E-state index in [1.807, 2.05) is 30.3 Å². The number of ether oxygens (including phenoxy) is 2. The molecule has 0 heterocycles. The van der Waals surface area contributed by atoms with Crippen molar-refractivity contribution in [3.63, 3.8) is 0 Å². The highest BCUT2D eigenvalue weighted by molar-refractivity contribution is 6.99. The molecule has 0 N–H and O–H groups in total. The van der Waals surface area contributed by atoms with E-state index in [2.05, 4.69) is 88.0 Å². The van der Waals surface area contributed by atoms with Crippen molar-refractivity contribution in [2.45, 2.75) is 38.5 Å². The van der Waals surface area contributed by atoms with Crippen molar-refractivity contribution >= 4 is 18.7 Å². The molecule has 0 aliphatic rings. The first-order valence-corrected chi connectivity index (χ1v) is 12.9. The minimum atomic E-state index is -2.59. The summed E-state index contributed by atoms with van der Waals surface area (Å²) in [5, 5.41) is 2.45. The van der Waals surface area contributed by atoms with Crippen LogP contribution in [0.5, 0.6) is 5.75 Å². The molecule has 0 radical (unpaired) electrons. The Morgan fingerprint density at radius 3 is 1.81 bits per heavy atom. The second-order valence-electron chi connectivity index (χ2n) is 8.91. The van der Waals surface area contributed by atoms with Crippen LogP contribution in [-0.2, 0) is 15.8 Å². The summed E-state index contributed by atoms with van der Waals surface area (Å²) in [6.07, 6.45) is 1.63.